The number of hydrogen-bond acceptors (Lipinski definition) is 3. The van der Waals surface area contributed by atoms with Crippen LogP contribution in [0, 0.1) is 11.3 Å². The van der Waals surface area contributed by atoms with Crippen molar-refractivity contribution < 1.29 is 14.7 Å². The fourth-order valence-corrected chi connectivity index (χ4v) is 2.25. The molecule has 1 fully saturated rings. The summed E-state index contributed by atoms with van der Waals surface area (Å²) in [4.78, 5) is 24.7. The molecule has 1 heterocycles. The Labute approximate surface area is 108 Å². The number of carboxylic acid groups (broad SMARTS) is 1. The van der Waals surface area contributed by atoms with Crippen molar-refractivity contribution in [2.24, 2.45) is 17.1 Å². The van der Waals surface area contributed by atoms with Gasteiger partial charge in [-0.2, -0.15) is 0 Å². The van der Waals surface area contributed by atoms with Gasteiger partial charge in [0.15, 0.2) is 0 Å². The van der Waals surface area contributed by atoms with E-state index in [0.717, 1.165) is 12.8 Å². The standard InChI is InChI=1S/C13H24N2O3/c1-13(2,3)11(14)12(18)15-6-4-5-9(8-15)7-10(16)17/h9,11H,4-8,14H2,1-3H3,(H,16,17). The molecule has 0 saturated carbocycles. The Kier molecular flexibility index (Phi) is 4.73. The first kappa shape index (κ1) is 15.0. The van der Waals surface area contributed by atoms with Gasteiger partial charge in [0.25, 0.3) is 0 Å². The Balaban J connectivity index is 2.61. The second-order valence-corrected chi connectivity index (χ2v) is 6.23. The molecule has 0 radical (unpaired) electrons. The molecule has 0 bridgehead atoms. The molecule has 2 atom stereocenters. The lowest BCUT2D eigenvalue weighted by Crippen LogP contribution is -2.53. The van der Waals surface area contributed by atoms with Crippen LogP contribution in [0.15, 0.2) is 0 Å². The molecule has 3 N–H and O–H groups in total. The highest BCUT2D eigenvalue weighted by Gasteiger charge is 2.33. The minimum atomic E-state index is -0.797. The van der Waals surface area contributed by atoms with Crippen LogP contribution in [0.25, 0.3) is 0 Å². The minimum absolute atomic E-state index is 0.0578. The third kappa shape index (κ3) is 3.98. The van der Waals surface area contributed by atoms with Gasteiger partial charge >= 0.3 is 5.97 Å². The van der Waals surface area contributed by atoms with Crippen LogP contribution in [0.2, 0.25) is 0 Å². The first-order valence-electron chi connectivity index (χ1n) is 6.48. The Morgan fingerprint density at radius 3 is 2.56 bits per heavy atom. The Morgan fingerprint density at radius 2 is 2.06 bits per heavy atom. The second kappa shape index (κ2) is 5.69. The van der Waals surface area contributed by atoms with E-state index in [-0.39, 0.29) is 23.7 Å². The molecule has 1 rings (SSSR count). The summed E-state index contributed by atoms with van der Waals surface area (Å²) in [5, 5.41) is 8.80. The van der Waals surface area contributed by atoms with E-state index in [0.29, 0.717) is 13.1 Å². The summed E-state index contributed by atoms with van der Waals surface area (Å²) < 4.78 is 0. The fraction of sp³-hybridized carbons (Fsp3) is 0.846. The highest BCUT2D eigenvalue weighted by molar-refractivity contribution is 5.82. The Bertz CT molecular complexity index is 323. The van der Waals surface area contributed by atoms with Gasteiger partial charge in [0, 0.05) is 19.5 Å². The van der Waals surface area contributed by atoms with Gasteiger partial charge in [0.05, 0.1) is 6.04 Å². The number of carbonyl (C=O) groups excluding carboxylic acids is 1. The molecule has 0 aliphatic carbocycles. The molecule has 1 aliphatic rings. The molecule has 0 aromatic heterocycles. The average Bonchev–Trinajstić information content (AvgIpc) is 2.25. The topological polar surface area (TPSA) is 83.6 Å². The van der Waals surface area contributed by atoms with Crippen LogP contribution in [0.4, 0.5) is 0 Å². The highest BCUT2D eigenvalue weighted by Crippen LogP contribution is 2.24. The maximum atomic E-state index is 12.2. The van der Waals surface area contributed by atoms with Crippen molar-refractivity contribution in [2.45, 2.75) is 46.1 Å². The summed E-state index contributed by atoms with van der Waals surface area (Å²) in [6.45, 7) is 7.03. The lowest BCUT2D eigenvalue weighted by molar-refractivity contribution is -0.142. The van der Waals surface area contributed by atoms with Crippen LogP contribution >= 0.6 is 0 Å². The number of likely N-dealkylation sites (tertiary alicyclic amines) is 1. The van der Waals surface area contributed by atoms with E-state index < -0.39 is 12.0 Å². The minimum Gasteiger partial charge on any atom is -0.481 e. The van der Waals surface area contributed by atoms with Gasteiger partial charge in [-0.3, -0.25) is 9.59 Å². The van der Waals surface area contributed by atoms with Crippen LogP contribution in [0.5, 0.6) is 0 Å². The number of nitrogens with two attached hydrogens (primary N) is 1. The normalized spacial score (nSPS) is 22.7. The number of nitrogens with zero attached hydrogens (tertiary/aromatic N) is 1. The molecular formula is C13H24N2O3. The van der Waals surface area contributed by atoms with E-state index in [9.17, 15) is 9.59 Å². The number of rotatable bonds is 3. The van der Waals surface area contributed by atoms with Gasteiger partial charge < -0.3 is 15.7 Å². The monoisotopic (exact) mass is 256 g/mol. The zero-order chi connectivity index (χ0) is 13.9. The smallest absolute Gasteiger partial charge is 0.303 e. The summed E-state index contributed by atoms with van der Waals surface area (Å²) in [6.07, 6.45) is 1.87. The maximum Gasteiger partial charge on any atom is 0.303 e. The van der Waals surface area contributed by atoms with Crippen molar-refractivity contribution in [1.29, 1.82) is 0 Å². The highest BCUT2D eigenvalue weighted by atomic mass is 16.4. The lowest BCUT2D eigenvalue weighted by Gasteiger charge is -2.36. The zero-order valence-electron chi connectivity index (χ0n) is 11.5. The van der Waals surface area contributed by atoms with Crippen LogP contribution in [0.1, 0.15) is 40.0 Å². The molecule has 2 unspecified atom stereocenters. The summed E-state index contributed by atoms with van der Waals surface area (Å²) in [5.41, 5.74) is 5.70. The van der Waals surface area contributed by atoms with E-state index in [1.807, 2.05) is 20.8 Å². The summed E-state index contributed by atoms with van der Waals surface area (Å²) >= 11 is 0. The van der Waals surface area contributed by atoms with Gasteiger partial charge in [-0.25, -0.2) is 0 Å². The molecule has 1 saturated heterocycles. The van der Waals surface area contributed by atoms with E-state index in [1.165, 1.54) is 0 Å². The first-order chi connectivity index (χ1) is 8.21. The van der Waals surface area contributed by atoms with Crippen molar-refractivity contribution in [3.63, 3.8) is 0 Å². The molecule has 5 nitrogen and oxygen atoms in total. The summed E-state index contributed by atoms with van der Waals surface area (Å²) in [7, 11) is 0. The third-order valence-corrected chi connectivity index (χ3v) is 3.49. The predicted molar refractivity (Wildman–Crippen MR) is 69.0 cm³/mol. The molecular weight excluding hydrogens is 232 g/mol. The van der Waals surface area contributed by atoms with Gasteiger partial charge in [-0.15, -0.1) is 0 Å². The Hall–Kier alpha value is -1.10. The predicted octanol–water partition coefficient (Wildman–Crippen LogP) is 1.07. The van der Waals surface area contributed by atoms with E-state index in [1.54, 1.807) is 4.90 Å². The molecule has 18 heavy (non-hydrogen) atoms. The van der Waals surface area contributed by atoms with Crippen LogP contribution < -0.4 is 5.73 Å². The number of piperidine rings is 1. The molecule has 104 valence electrons. The molecule has 0 aromatic rings. The number of aliphatic carboxylic acids is 1. The van der Waals surface area contributed by atoms with E-state index >= 15 is 0 Å². The summed E-state index contributed by atoms with van der Waals surface area (Å²) in [5.74, 6) is -0.792. The zero-order valence-corrected chi connectivity index (χ0v) is 11.5. The number of hydrogen-bond donors (Lipinski definition) is 2. The molecule has 0 spiro atoms. The number of carbonyl (C=O) groups is 2. The number of amides is 1. The lowest BCUT2D eigenvalue weighted by atomic mass is 9.85. The SMILES string of the molecule is CC(C)(C)C(N)C(=O)N1CCCC(CC(=O)O)C1. The van der Waals surface area contributed by atoms with E-state index in [4.69, 9.17) is 10.8 Å². The fourth-order valence-electron chi connectivity index (χ4n) is 2.25. The van der Waals surface area contributed by atoms with Crippen molar-refractivity contribution in [3.8, 4) is 0 Å². The average molecular weight is 256 g/mol. The first-order valence-corrected chi connectivity index (χ1v) is 6.48. The van der Waals surface area contributed by atoms with Gasteiger partial charge in [0.2, 0.25) is 5.91 Å². The van der Waals surface area contributed by atoms with Gasteiger partial charge in [-0.1, -0.05) is 20.8 Å². The molecule has 0 aromatic carbocycles. The second-order valence-electron chi connectivity index (χ2n) is 6.23. The Morgan fingerprint density at radius 1 is 1.44 bits per heavy atom. The third-order valence-electron chi connectivity index (χ3n) is 3.49. The quantitative estimate of drug-likeness (QED) is 0.791. The van der Waals surface area contributed by atoms with Crippen molar-refractivity contribution >= 4 is 11.9 Å². The largest absolute Gasteiger partial charge is 0.481 e. The molecule has 1 amide bonds. The number of carboxylic acids is 1. The van der Waals surface area contributed by atoms with Crippen LogP contribution in [-0.2, 0) is 9.59 Å². The van der Waals surface area contributed by atoms with Crippen molar-refractivity contribution in [2.75, 3.05) is 13.1 Å². The van der Waals surface area contributed by atoms with Crippen LogP contribution in [0.3, 0.4) is 0 Å². The molecule has 5 heteroatoms. The van der Waals surface area contributed by atoms with Crippen molar-refractivity contribution in [3.05, 3.63) is 0 Å². The molecule has 1 aliphatic heterocycles. The van der Waals surface area contributed by atoms with E-state index in [2.05, 4.69) is 0 Å². The maximum absolute atomic E-state index is 12.2. The van der Waals surface area contributed by atoms with Gasteiger partial charge in [0.1, 0.15) is 0 Å². The van der Waals surface area contributed by atoms with Crippen LogP contribution in [-0.4, -0.2) is 41.0 Å². The van der Waals surface area contributed by atoms with Gasteiger partial charge in [-0.05, 0) is 24.2 Å². The van der Waals surface area contributed by atoms with Crippen molar-refractivity contribution in [1.82, 2.24) is 4.90 Å². The summed E-state index contributed by atoms with van der Waals surface area (Å²) in [6, 6.07) is -0.527.